The van der Waals surface area contributed by atoms with Gasteiger partial charge in [-0.25, -0.2) is 8.42 Å². The average Bonchev–Trinajstić information content (AvgIpc) is 3.02. The Bertz CT molecular complexity index is 1620. The lowest BCUT2D eigenvalue weighted by Crippen LogP contribution is -2.48. The Kier molecular flexibility index (Phi) is 11.5. The normalized spacial score (nSPS) is 12.0. The van der Waals surface area contributed by atoms with Crippen molar-refractivity contribution in [1.29, 1.82) is 0 Å². The van der Waals surface area contributed by atoms with Crippen LogP contribution in [0.15, 0.2) is 109 Å². The quantitative estimate of drug-likeness (QED) is 0.205. The Morgan fingerprint density at radius 3 is 1.95 bits per heavy atom. The number of nitrogens with zero attached hydrogens (tertiary/aromatic N) is 2. The molecule has 0 bridgehead atoms. The maximum atomic E-state index is 14.1. The van der Waals surface area contributed by atoms with Crippen molar-refractivity contribution in [3.8, 4) is 5.75 Å². The number of hydrogen-bond donors (Lipinski definition) is 1. The molecule has 0 saturated carbocycles. The molecule has 8 nitrogen and oxygen atoms in total. The lowest BCUT2D eigenvalue weighted by Gasteiger charge is -2.33. The molecule has 1 atom stereocenters. The summed E-state index contributed by atoms with van der Waals surface area (Å²) in [6.07, 6.45) is 1.65. The summed E-state index contributed by atoms with van der Waals surface area (Å²) >= 11 is 6.12. The van der Waals surface area contributed by atoms with Crippen LogP contribution in [-0.4, -0.2) is 55.9 Å². The van der Waals surface area contributed by atoms with Crippen LogP contribution in [0.4, 0.5) is 0 Å². The molecule has 1 N–H and O–H groups in total. The first kappa shape index (κ1) is 32.7. The summed E-state index contributed by atoms with van der Waals surface area (Å²) in [6.45, 7) is -0.0284. The minimum Gasteiger partial charge on any atom is -0.497 e. The van der Waals surface area contributed by atoms with Gasteiger partial charge in [0.25, 0.3) is 0 Å². The summed E-state index contributed by atoms with van der Waals surface area (Å²) in [6, 6.07) is 31.6. The fourth-order valence-corrected chi connectivity index (χ4v) is 5.61. The molecule has 0 saturated heterocycles. The smallest absolute Gasteiger partial charge is 0.247 e. The molecule has 0 heterocycles. The van der Waals surface area contributed by atoms with E-state index in [9.17, 15) is 18.0 Å². The van der Waals surface area contributed by atoms with Crippen LogP contribution in [0.25, 0.3) is 0 Å². The minimum absolute atomic E-state index is 0.0181. The van der Waals surface area contributed by atoms with Gasteiger partial charge in [0.15, 0.2) is 0 Å². The van der Waals surface area contributed by atoms with E-state index in [1.165, 1.54) is 4.90 Å². The molecule has 0 fully saturated rings. The van der Waals surface area contributed by atoms with Crippen molar-refractivity contribution in [1.82, 2.24) is 14.5 Å². The van der Waals surface area contributed by atoms with Crippen molar-refractivity contribution < 1.29 is 22.7 Å². The van der Waals surface area contributed by atoms with Crippen molar-refractivity contribution in [2.75, 3.05) is 26.5 Å². The Hall–Kier alpha value is -4.18. The molecule has 0 spiro atoms. The van der Waals surface area contributed by atoms with E-state index in [1.54, 1.807) is 67.8 Å². The summed E-state index contributed by atoms with van der Waals surface area (Å²) in [5, 5.41) is 3.53. The number of carbonyl (C=O) groups is 2. The zero-order valence-electron chi connectivity index (χ0n) is 24.7. The topological polar surface area (TPSA) is 96.0 Å². The molecule has 0 aromatic heterocycles. The molecule has 0 aliphatic heterocycles. The van der Waals surface area contributed by atoms with Gasteiger partial charge in [-0.3, -0.25) is 9.59 Å². The second kappa shape index (κ2) is 15.5. The number of amides is 2. The predicted molar refractivity (Wildman–Crippen MR) is 173 cm³/mol. The summed E-state index contributed by atoms with van der Waals surface area (Å²) in [7, 11) is -2.17. The lowest BCUT2D eigenvalue weighted by atomic mass is 10.0. The molecule has 4 aromatic carbocycles. The third-order valence-electron chi connectivity index (χ3n) is 7.12. The van der Waals surface area contributed by atoms with Gasteiger partial charge in [-0.15, -0.1) is 0 Å². The highest BCUT2D eigenvalue weighted by molar-refractivity contribution is 7.88. The molecule has 0 unspecified atom stereocenters. The number of sulfonamides is 1. The zero-order chi connectivity index (χ0) is 31.5. The number of methoxy groups -OCH3 is 1. The maximum Gasteiger partial charge on any atom is 0.247 e. The highest BCUT2D eigenvalue weighted by Crippen LogP contribution is 2.25. The fourth-order valence-electron chi connectivity index (χ4n) is 4.76. The molecule has 0 radical (unpaired) electrons. The molecular formula is C34H36ClN3O5S. The van der Waals surface area contributed by atoms with Gasteiger partial charge < -0.3 is 15.0 Å². The van der Waals surface area contributed by atoms with E-state index in [0.717, 1.165) is 33.0 Å². The van der Waals surface area contributed by atoms with Crippen LogP contribution in [0.3, 0.4) is 0 Å². The summed E-state index contributed by atoms with van der Waals surface area (Å²) in [5.74, 6) is -0.143. The molecule has 0 aliphatic carbocycles. The fraction of sp³-hybridized carbons (Fsp3) is 0.235. The van der Waals surface area contributed by atoms with Gasteiger partial charge >= 0.3 is 0 Å². The average molecular weight is 634 g/mol. The highest BCUT2D eigenvalue weighted by atomic mass is 35.5. The Balaban J connectivity index is 1.64. The summed E-state index contributed by atoms with van der Waals surface area (Å²) < 4.78 is 32.0. The van der Waals surface area contributed by atoms with Crippen molar-refractivity contribution in [2.45, 2.75) is 25.6 Å². The van der Waals surface area contributed by atoms with Crippen LogP contribution in [0.5, 0.6) is 5.75 Å². The molecule has 0 aliphatic rings. The SMILES string of the molecule is COc1ccc(CCNC(=O)[C@H](c2ccccc2)N(Cc2ccc(Cl)cc2)C(=O)CN(Cc2ccccc2)S(C)(=O)=O)cc1. The standard InChI is InChI=1S/C34H36ClN3O5S/c1-43-31-19-15-26(16-20-31)21-22-36-34(40)33(29-11-7-4-8-12-29)38(24-28-13-17-30(35)18-14-28)32(39)25-37(44(2,41)42)23-27-9-5-3-6-10-27/h3-20,33H,21-25H2,1-2H3,(H,36,40)/t33-/m0/s1. The molecule has 4 rings (SSSR count). The van der Waals surface area contributed by atoms with Crippen LogP contribution in [-0.2, 0) is 39.1 Å². The van der Waals surface area contributed by atoms with E-state index in [4.69, 9.17) is 16.3 Å². The van der Waals surface area contributed by atoms with Crippen molar-refractivity contribution in [3.63, 3.8) is 0 Å². The number of halogens is 1. The largest absolute Gasteiger partial charge is 0.497 e. The number of rotatable bonds is 14. The second-order valence-corrected chi connectivity index (χ2v) is 12.8. The van der Waals surface area contributed by atoms with Gasteiger partial charge in [0.05, 0.1) is 19.9 Å². The van der Waals surface area contributed by atoms with Gasteiger partial charge in [-0.2, -0.15) is 4.31 Å². The van der Waals surface area contributed by atoms with Gasteiger partial charge in [0.1, 0.15) is 11.8 Å². The van der Waals surface area contributed by atoms with E-state index in [2.05, 4.69) is 5.32 Å². The third kappa shape index (κ3) is 9.41. The van der Waals surface area contributed by atoms with Crippen LogP contribution < -0.4 is 10.1 Å². The van der Waals surface area contributed by atoms with Crippen LogP contribution >= 0.6 is 11.6 Å². The Morgan fingerprint density at radius 2 is 1.36 bits per heavy atom. The van der Waals surface area contributed by atoms with Crippen LogP contribution in [0, 0.1) is 0 Å². The first-order valence-corrected chi connectivity index (χ1v) is 16.3. The first-order valence-electron chi connectivity index (χ1n) is 14.1. The summed E-state index contributed by atoms with van der Waals surface area (Å²) in [5.41, 5.74) is 3.10. The van der Waals surface area contributed by atoms with Crippen molar-refractivity contribution >= 4 is 33.4 Å². The van der Waals surface area contributed by atoms with Crippen LogP contribution in [0.2, 0.25) is 5.02 Å². The van der Waals surface area contributed by atoms with E-state index in [0.29, 0.717) is 23.6 Å². The minimum atomic E-state index is -3.77. The van der Waals surface area contributed by atoms with E-state index >= 15 is 0 Å². The van der Waals surface area contributed by atoms with E-state index in [1.807, 2.05) is 48.5 Å². The number of hydrogen-bond acceptors (Lipinski definition) is 5. The first-order chi connectivity index (χ1) is 21.1. The van der Waals surface area contributed by atoms with Gasteiger partial charge in [-0.05, 0) is 52.9 Å². The van der Waals surface area contributed by atoms with Gasteiger partial charge in [-0.1, -0.05) is 96.5 Å². The molecule has 10 heteroatoms. The maximum absolute atomic E-state index is 14.1. The molecule has 230 valence electrons. The lowest BCUT2D eigenvalue weighted by molar-refractivity contribution is -0.141. The second-order valence-electron chi connectivity index (χ2n) is 10.4. The summed E-state index contributed by atoms with van der Waals surface area (Å²) in [4.78, 5) is 29.5. The number of benzene rings is 4. The van der Waals surface area contributed by atoms with Crippen LogP contribution in [0.1, 0.15) is 28.3 Å². The van der Waals surface area contributed by atoms with Gasteiger partial charge in [0, 0.05) is 24.7 Å². The number of carbonyl (C=O) groups excluding carboxylic acids is 2. The van der Waals surface area contributed by atoms with Crippen molar-refractivity contribution in [3.05, 3.63) is 136 Å². The molecular weight excluding hydrogens is 598 g/mol. The number of ether oxygens (including phenoxy) is 1. The molecule has 4 aromatic rings. The Labute approximate surface area is 264 Å². The third-order valence-corrected chi connectivity index (χ3v) is 8.56. The molecule has 44 heavy (non-hydrogen) atoms. The van der Waals surface area contributed by atoms with Crippen molar-refractivity contribution in [2.24, 2.45) is 0 Å². The van der Waals surface area contributed by atoms with Gasteiger partial charge in [0.2, 0.25) is 21.8 Å². The van der Waals surface area contributed by atoms with E-state index in [-0.39, 0.29) is 19.0 Å². The monoisotopic (exact) mass is 633 g/mol. The Morgan fingerprint density at radius 1 is 0.795 bits per heavy atom. The number of nitrogens with one attached hydrogen (secondary N) is 1. The predicted octanol–water partition coefficient (Wildman–Crippen LogP) is 5.24. The zero-order valence-corrected chi connectivity index (χ0v) is 26.3. The highest BCUT2D eigenvalue weighted by Gasteiger charge is 2.33. The molecule has 2 amide bonds. The van der Waals surface area contributed by atoms with E-state index < -0.39 is 28.5 Å².